The number of fused-ring (bicyclic) bond motifs is 1. The number of benzene rings is 2. The second-order valence-corrected chi connectivity index (χ2v) is 7.41. The Balaban J connectivity index is 1.43. The van der Waals surface area contributed by atoms with E-state index in [1.165, 1.54) is 5.69 Å². The minimum Gasteiger partial charge on any atom is -0.457 e. The zero-order valence-corrected chi connectivity index (χ0v) is 16.8. The fourth-order valence-electron chi connectivity index (χ4n) is 3.88. The number of aryl methyl sites for hydroxylation is 1. The largest absolute Gasteiger partial charge is 0.457 e. The number of hydrogen-bond donors (Lipinski definition) is 2. The fraction of sp³-hybridized carbons (Fsp3) is 0.304. The van der Waals surface area contributed by atoms with Crippen molar-refractivity contribution >= 4 is 6.03 Å². The molecule has 2 N–H and O–H groups in total. The van der Waals surface area contributed by atoms with Gasteiger partial charge in [0, 0.05) is 23.9 Å². The summed E-state index contributed by atoms with van der Waals surface area (Å²) in [6, 6.07) is 17.0. The molecule has 4 rings (SSSR count). The standard InChI is InChI=1S/C23H26N4O2/c1-16(18-11-6-7-14-22(18)29-17-9-4-3-5-10-17)25-23(28)26-20-12-8-13-21-19(20)15-24-27(21)2/h3-7,9-11,14-16,20H,8,12-13H2,1-2H3,(H2,25,26,28). The molecule has 2 amide bonds. The lowest BCUT2D eigenvalue weighted by atomic mass is 9.93. The Bertz CT molecular complexity index is 984. The van der Waals surface area contributed by atoms with Gasteiger partial charge in [-0.3, -0.25) is 4.68 Å². The van der Waals surface area contributed by atoms with Gasteiger partial charge < -0.3 is 15.4 Å². The predicted molar refractivity (Wildman–Crippen MR) is 112 cm³/mol. The van der Waals surface area contributed by atoms with E-state index in [4.69, 9.17) is 4.74 Å². The van der Waals surface area contributed by atoms with E-state index in [1.54, 1.807) is 0 Å². The molecular weight excluding hydrogens is 364 g/mol. The molecule has 1 aliphatic rings. The lowest BCUT2D eigenvalue weighted by Gasteiger charge is -2.25. The summed E-state index contributed by atoms with van der Waals surface area (Å²) < 4.78 is 7.93. The molecule has 0 saturated heterocycles. The maximum atomic E-state index is 12.7. The van der Waals surface area contributed by atoms with Crippen molar-refractivity contribution in [1.82, 2.24) is 20.4 Å². The molecular formula is C23H26N4O2. The lowest BCUT2D eigenvalue weighted by molar-refractivity contribution is 0.232. The number of amides is 2. The van der Waals surface area contributed by atoms with Crippen molar-refractivity contribution in [3.05, 3.63) is 77.6 Å². The molecule has 0 saturated carbocycles. The van der Waals surface area contributed by atoms with Crippen LogP contribution in [0.1, 0.15) is 48.7 Å². The van der Waals surface area contributed by atoms with Crippen LogP contribution in [0.25, 0.3) is 0 Å². The van der Waals surface area contributed by atoms with Crippen LogP contribution in [0, 0.1) is 0 Å². The van der Waals surface area contributed by atoms with Crippen molar-refractivity contribution in [2.24, 2.45) is 7.05 Å². The van der Waals surface area contributed by atoms with E-state index in [1.807, 2.05) is 79.4 Å². The van der Waals surface area contributed by atoms with Gasteiger partial charge in [-0.1, -0.05) is 36.4 Å². The molecule has 0 aliphatic heterocycles. The Hall–Kier alpha value is -3.28. The minimum absolute atomic E-state index is 0.00420. The highest BCUT2D eigenvalue weighted by Crippen LogP contribution is 2.31. The zero-order valence-electron chi connectivity index (χ0n) is 16.8. The summed E-state index contributed by atoms with van der Waals surface area (Å²) in [6.07, 6.45) is 4.84. The molecule has 1 aromatic heterocycles. The van der Waals surface area contributed by atoms with E-state index in [9.17, 15) is 4.79 Å². The first-order chi connectivity index (χ1) is 14.1. The number of ether oxygens (including phenoxy) is 1. The van der Waals surface area contributed by atoms with Crippen LogP contribution in [-0.4, -0.2) is 15.8 Å². The number of urea groups is 1. The molecule has 0 spiro atoms. The van der Waals surface area contributed by atoms with Crippen LogP contribution in [0.5, 0.6) is 11.5 Å². The third kappa shape index (κ3) is 4.26. The summed E-state index contributed by atoms with van der Waals surface area (Å²) in [6.45, 7) is 1.96. The summed E-state index contributed by atoms with van der Waals surface area (Å²) in [5.41, 5.74) is 3.25. The molecule has 2 unspecified atom stereocenters. The smallest absolute Gasteiger partial charge is 0.315 e. The normalized spacial score (nSPS) is 16.6. The molecule has 1 heterocycles. The number of nitrogens with one attached hydrogen (secondary N) is 2. The predicted octanol–water partition coefficient (Wildman–Crippen LogP) is 4.65. The molecule has 0 fully saturated rings. The van der Waals surface area contributed by atoms with Crippen molar-refractivity contribution in [3.63, 3.8) is 0 Å². The molecule has 1 aliphatic carbocycles. The van der Waals surface area contributed by atoms with Gasteiger partial charge in [0.1, 0.15) is 11.5 Å². The van der Waals surface area contributed by atoms with Crippen LogP contribution in [0.15, 0.2) is 60.8 Å². The summed E-state index contributed by atoms with van der Waals surface area (Å²) in [4.78, 5) is 12.7. The molecule has 3 aromatic rings. The molecule has 29 heavy (non-hydrogen) atoms. The molecule has 6 heteroatoms. The Kier molecular flexibility index (Phi) is 5.51. The molecule has 150 valence electrons. The minimum atomic E-state index is -0.202. The van der Waals surface area contributed by atoms with E-state index >= 15 is 0 Å². The number of carbonyl (C=O) groups excluding carboxylic acids is 1. The van der Waals surface area contributed by atoms with Gasteiger partial charge in [0.15, 0.2) is 0 Å². The molecule has 0 radical (unpaired) electrons. The van der Waals surface area contributed by atoms with Gasteiger partial charge >= 0.3 is 6.03 Å². The first kappa shape index (κ1) is 19.1. The van der Waals surface area contributed by atoms with Crippen molar-refractivity contribution in [2.75, 3.05) is 0 Å². The molecule has 6 nitrogen and oxygen atoms in total. The van der Waals surface area contributed by atoms with Crippen molar-refractivity contribution in [3.8, 4) is 11.5 Å². The molecule has 2 atom stereocenters. The van der Waals surface area contributed by atoms with Crippen LogP contribution in [0.4, 0.5) is 4.79 Å². The van der Waals surface area contributed by atoms with Crippen LogP contribution in [0.2, 0.25) is 0 Å². The van der Waals surface area contributed by atoms with Gasteiger partial charge in [-0.05, 0) is 44.4 Å². The highest BCUT2D eigenvalue weighted by Gasteiger charge is 2.25. The lowest BCUT2D eigenvalue weighted by Crippen LogP contribution is -2.40. The van der Waals surface area contributed by atoms with Gasteiger partial charge in [-0.25, -0.2) is 4.79 Å². The zero-order chi connectivity index (χ0) is 20.2. The second kappa shape index (κ2) is 8.39. The van der Waals surface area contributed by atoms with Crippen molar-refractivity contribution in [1.29, 1.82) is 0 Å². The van der Waals surface area contributed by atoms with Crippen LogP contribution < -0.4 is 15.4 Å². The first-order valence-corrected chi connectivity index (χ1v) is 10.0. The highest BCUT2D eigenvalue weighted by atomic mass is 16.5. The van der Waals surface area contributed by atoms with Gasteiger partial charge in [0.2, 0.25) is 0 Å². The van der Waals surface area contributed by atoms with Crippen LogP contribution >= 0.6 is 0 Å². The maximum Gasteiger partial charge on any atom is 0.315 e. The van der Waals surface area contributed by atoms with Crippen LogP contribution in [0.3, 0.4) is 0 Å². The van der Waals surface area contributed by atoms with Crippen molar-refractivity contribution < 1.29 is 9.53 Å². The van der Waals surface area contributed by atoms with Gasteiger partial charge in [-0.15, -0.1) is 0 Å². The quantitative estimate of drug-likeness (QED) is 0.666. The van der Waals surface area contributed by atoms with Gasteiger partial charge in [-0.2, -0.15) is 5.10 Å². The number of hydrogen-bond acceptors (Lipinski definition) is 3. The summed E-state index contributed by atoms with van der Waals surface area (Å²) in [7, 11) is 1.95. The summed E-state index contributed by atoms with van der Waals surface area (Å²) >= 11 is 0. The number of rotatable bonds is 5. The topological polar surface area (TPSA) is 68.2 Å². The van der Waals surface area contributed by atoms with Gasteiger partial charge in [0.25, 0.3) is 0 Å². The summed E-state index contributed by atoms with van der Waals surface area (Å²) in [5, 5.41) is 10.5. The van der Waals surface area contributed by atoms with Gasteiger partial charge in [0.05, 0.1) is 18.3 Å². The highest BCUT2D eigenvalue weighted by molar-refractivity contribution is 5.75. The van der Waals surface area contributed by atoms with Crippen molar-refractivity contribution in [2.45, 2.75) is 38.3 Å². The third-order valence-corrected chi connectivity index (χ3v) is 5.39. The van der Waals surface area contributed by atoms with E-state index in [-0.39, 0.29) is 18.1 Å². The molecule has 0 bridgehead atoms. The monoisotopic (exact) mass is 390 g/mol. The third-order valence-electron chi connectivity index (χ3n) is 5.39. The Morgan fingerprint density at radius 2 is 1.93 bits per heavy atom. The van der Waals surface area contributed by atoms with E-state index < -0.39 is 0 Å². The summed E-state index contributed by atoms with van der Waals surface area (Å²) in [5.74, 6) is 1.50. The molecule has 2 aromatic carbocycles. The number of para-hydroxylation sites is 2. The Morgan fingerprint density at radius 1 is 1.17 bits per heavy atom. The maximum absolute atomic E-state index is 12.7. The average Bonchev–Trinajstić information content (AvgIpc) is 3.11. The number of nitrogens with zero attached hydrogens (tertiary/aromatic N) is 2. The second-order valence-electron chi connectivity index (χ2n) is 7.41. The average molecular weight is 390 g/mol. The SMILES string of the molecule is CC(NC(=O)NC1CCCc2c1cnn2C)c1ccccc1Oc1ccccc1. The van der Waals surface area contributed by atoms with E-state index in [0.29, 0.717) is 0 Å². The first-order valence-electron chi connectivity index (χ1n) is 10.0. The van der Waals surface area contributed by atoms with E-state index in [2.05, 4.69) is 15.7 Å². The number of aromatic nitrogens is 2. The number of carbonyl (C=O) groups is 1. The Labute approximate surface area is 170 Å². The fourth-order valence-corrected chi connectivity index (χ4v) is 3.88. The van der Waals surface area contributed by atoms with Crippen LogP contribution in [-0.2, 0) is 13.5 Å². The Morgan fingerprint density at radius 3 is 2.76 bits per heavy atom. The van der Waals surface area contributed by atoms with E-state index in [0.717, 1.165) is 41.9 Å².